The Labute approximate surface area is 262 Å². The number of aliphatic hydroxyl groups excluding tert-OH is 1. The highest BCUT2D eigenvalue weighted by atomic mass is 32.2. The van der Waals surface area contributed by atoms with Crippen molar-refractivity contribution in [3.63, 3.8) is 0 Å². The van der Waals surface area contributed by atoms with Gasteiger partial charge in [0.05, 0.1) is 17.9 Å². The first-order valence-electron chi connectivity index (χ1n) is 15.2. The first-order chi connectivity index (χ1) is 20.8. The molecule has 2 aromatic rings. The highest BCUT2D eigenvalue weighted by molar-refractivity contribution is 7.89. The third-order valence-corrected chi connectivity index (χ3v) is 8.42. The summed E-state index contributed by atoms with van der Waals surface area (Å²) in [6, 6.07) is 10.1. The molecule has 2 atom stereocenters. The van der Waals surface area contributed by atoms with Crippen LogP contribution in [0.4, 0.5) is 0 Å². The topological polar surface area (TPSA) is 139 Å². The maximum absolute atomic E-state index is 13.6. The van der Waals surface area contributed by atoms with E-state index in [0.29, 0.717) is 37.2 Å². The van der Waals surface area contributed by atoms with Gasteiger partial charge in [-0.15, -0.1) is 11.3 Å². The van der Waals surface area contributed by atoms with Crippen LogP contribution in [0.15, 0.2) is 42.5 Å². The number of sulfonamides is 1. The Balaban J connectivity index is 2.40. The maximum Gasteiger partial charge on any atom is 0.253 e. The molecule has 11 heteroatoms. The number of aromatic hydroxyl groups is 1. The second-order valence-electron chi connectivity index (χ2n) is 11.5. The van der Waals surface area contributed by atoms with Gasteiger partial charge < -0.3 is 20.4 Å². The molecule has 242 valence electrons. The molecule has 0 aromatic heterocycles. The van der Waals surface area contributed by atoms with Crippen molar-refractivity contribution in [1.82, 2.24) is 20.1 Å². The summed E-state index contributed by atoms with van der Waals surface area (Å²) in [6.45, 7) is 10.9. The van der Waals surface area contributed by atoms with Crippen LogP contribution in [-0.2, 0) is 16.4 Å². The molecule has 44 heavy (non-hydrogen) atoms. The number of hydrogen-bond donors (Lipinski definition) is 4. The molecule has 2 unspecified atom stereocenters. The molecule has 0 saturated heterocycles. The van der Waals surface area contributed by atoms with Crippen molar-refractivity contribution in [1.29, 1.82) is 0 Å². The summed E-state index contributed by atoms with van der Waals surface area (Å²) in [7, 11) is -3.64. The number of nitrogens with one attached hydrogen (secondary N) is 2. The van der Waals surface area contributed by atoms with Crippen LogP contribution in [0.3, 0.4) is 0 Å². The largest absolute Gasteiger partial charge is 0.508 e. The van der Waals surface area contributed by atoms with Crippen LogP contribution in [0, 0.1) is 18.3 Å². The zero-order valence-electron chi connectivity index (χ0n) is 26.5. The van der Waals surface area contributed by atoms with Gasteiger partial charge in [-0.2, -0.15) is 0 Å². The van der Waals surface area contributed by atoms with Crippen LogP contribution < -0.4 is 10.1 Å². The monoisotopic (exact) mass is 628 g/mol. The van der Waals surface area contributed by atoms with E-state index < -0.39 is 28.1 Å². The van der Waals surface area contributed by atoms with E-state index in [4.69, 9.17) is 6.42 Å². The van der Waals surface area contributed by atoms with Crippen molar-refractivity contribution in [2.24, 2.45) is 5.92 Å². The molecule has 0 saturated carbocycles. The van der Waals surface area contributed by atoms with E-state index in [9.17, 15) is 28.2 Å². The van der Waals surface area contributed by atoms with Crippen molar-refractivity contribution < 1.29 is 28.2 Å². The Kier molecular flexibility index (Phi) is 14.8. The smallest absolute Gasteiger partial charge is 0.253 e. The van der Waals surface area contributed by atoms with E-state index in [1.165, 1.54) is 29.3 Å². The second-order valence-corrected chi connectivity index (χ2v) is 13.2. The molecule has 4 N–H and O–H groups in total. The van der Waals surface area contributed by atoms with E-state index in [1.54, 1.807) is 36.9 Å². The van der Waals surface area contributed by atoms with Crippen LogP contribution in [0.2, 0.25) is 0 Å². The molecular formula is C33H48N4O6S. The number of carbonyl (C=O) groups is 2. The highest BCUT2D eigenvalue weighted by Crippen LogP contribution is 2.17. The maximum atomic E-state index is 13.6. The number of nitrogens with zero attached hydrogens (tertiary/aromatic N) is 2. The van der Waals surface area contributed by atoms with Gasteiger partial charge in [0.25, 0.3) is 11.8 Å². The Morgan fingerprint density at radius 2 is 1.55 bits per heavy atom. The summed E-state index contributed by atoms with van der Waals surface area (Å²) >= 11 is 0. The normalized spacial score (nSPS) is 13.0. The molecule has 10 nitrogen and oxygen atoms in total. The van der Waals surface area contributed by atoms with Crippen molar-refractivity contribution in [2.75, 3.05) is 31.9 Å². The highest BCUT2D eigenvalue weighted by Gasteiger charge is 2.27. The van der Waals surface area contributed by atoms with Gasteiger partial charge in [0.2, 0.25) is 10.0 Å². The molecule has 0 spiro atoms. The fourth-order valence-corrected chi connectivity index (χ4v) is 6.41. The lowest BCUT2D eigenvalue weighted by Gasteiger charge is -2.30. The zero-order chi connectivity index (χ0) is 32.9. The van der Waals surface area contributed by atoms with E-state index in [0.717, 1.165) is 18.4 Å². The number of hydrogen-bond acceptors (Lipinski definition) is 7. The first-order valence-corrected chi connectivity index (χ1v) is 16.9. The summed E-state index contributed by atoms with van der Waals surface area (Å²) in [5.74, 6) is 1.68. The van der Waals surface area contributed by atoms with Gasteiger partial charge in [-0.1, -0.05) is 52.7 Å². The van der Waals surface area contributed by atoms with Crippen LogP contribution in [0.1, 0.15) is 85.7 Å². The molecule has 2 aromatic carbocycles. The number of hydrazine groups is 1. The summed E-state index contributed by atoms with van der Waals surface area (Å²) in [5.41, 5.74) is 1.58. The van der Waals surface area contributed by atoms with E-state index in [-0.39, 0.29) is 41.9 Å². The van der Waals surface area contributed by atoms with Gasteiger partial charge in [-0.25, -0.2) is 13.4 Å². The molecule has 2 rings (SSSR count). The number of benzene rings is 2. The lowest BCUT2D eigenvalue weighted by molar-refractivity contribution is 0.0618. The second kappa shape index (κ2) is 17.8. The number of phenols is 1. The summed E-state index contributed by atoms with van der Waals surface area (Å²) in [4.78, 5) is 31.3. The van der Waals surface area contributed by atoms with Crippen LogP contribution in [0.25, 0.3) is 0 Å². The molecule has 2 amide bonds. The van der Waals surface area contributed by atoms with Crippen LogP contribution in [0.5, 0.6) is 5.75 Å². The number of terminal acetylenes is 1. The van der Waals surface area contributed by atoms with Gasteiger partial charge in [0.1, 0.15) is 5.75 Å². The lowest BCUT2D eigenvalue weighted by Crippen LogP contribution is -2.53. The van der Waals surface area contributed by atoms with Gasteiger partial charge in [-0.3, -0.25) is 9.59 Å². The summed E-state index contributed by atoms with van der Waals surface area (Å²) in [5, 5.41) is 25.5. The number of aliphatic hydroxyl groups is 1. The van der Waals surface area contributed by atoms with Crippen molar-refractivity contribution in [3.8, 4) is 18.1 Å². The Bertz CT molecular complexity index is 1370. The van der Waals surface area contributed by atoms with E-state index in [1.807, 2.05) is 20.8 Å². The summed E-state index contributed by atoms with van der Waals surface area (Å²) in [6.07, 6.45) is 6.87. The van der Waals surface area contributed by atoms with E-state index >= 15 is 0 Å². The molecule has 0 fully saturated rings. The van der Waals surface area contributed by atoms with Crippen LogP contribution in [-0.4, -0.2) is 84.4 Å². The predicted octanol–water partition coefficient (Wildman–Crippen LogP) is 3.54. The van der Waals surface area contributed by atoms with Gasteiger partial charge >= 0.3 is 0 Å². The molecule has 0 radical (unpaired) electrons. The third-order valence-electron chi connectivity index (χ3n) is 6.78. The molecule has 0 aliphatic heterocycles. The number of carbonyl (C=O) groups excluding carboxylic acids is 2. The molecule has 0 bridgehead atoms. The minimum absolute atomic E-state index is 0.0719. The molecular weight excluding hydrogens is 580 g/mol. The van der Waals surface area contributed by atoms with E-state index in [2.05, 4.69) is 16.1 Å². The SMILES string of the molecule is C#Cc1cc(C(=O)NC(Cc2ccc(O)cc2)C(O)CN(CCC)NS(=O)(=O)CC(C)C)cc(C(=O)N(CCC)CCC)c1. The number of phenolic OH excluding ortho intramolecular Hbond substituents is 1. The van der Waals surface area contributed by atoms with Crippen molar-refractivity contribution >= 4 is 21.8 Å². The standard InChI is InChI=1S/C33H48N4O6S/c1-7-15-36(16-8-2)33(41)28-19-25(10-4)18-27(21-28)32(40)34-30(20-26-11-13-29(38)14-12-26)31(39)22-37(17-9-3)35-44(42,43)23-24(5)6/h4,11-14,18-19,21,24,30-31,35,38-39H,7-9,15-17,20,22-23H2,1-3,5-6H3,(H,34,40). The predicted molar refractivity (Wildman–Crippen MR) is 174 cm³/mol. The Morgan fingerprint density at radius 1 is 0.955 bits per heavy atom. The van der Waals surface area contributed by atoms with Crippen LogP contribution >= 0.6 is 0 Å². The lowest BCUT2D eigenvalue weighted by atomic mass is 9.99. The minimum atomic E-state index is -3.64. The van der Waals surface area contributed by atoms with Crippen molar-refractivity contribution in [3.05, 3.63) is 64.7 Å². The fraction of sp³-hybridized carbons (Fsp3) is 0.515. The molecule has 0 aliphatic rings. The van der Waals surface area contributed by atoms with Gasteiger partial charge in [-0.05, 0) is 67.5 Å². The average Bonchev–Trinajstić information content (AvgIpc) is 2.96. The van der Waals surface area contributed by atoms with Crippen molar-refractivity contribution in [2.45, 2.75) is 72.4 Å². The minimum Gasteiger partial charge on any atom is -0.508 e. The number of rotatable bonds is 18. The van der Waals surface area contributed by atoms with Gasteiger partial charge in [0, 0.05) is 42.9 Å². The summed E-state index contributed by atoms with van der Waals surface area (Å²) < 4.78 is 25.3. The number of amides is 2. The molecule has 0 heterocycles. The quantitative estimate of drug-likeness (QED) is 0.146. The first kappa shape index (κ1) is 36.8. The van der Waals surface area contributed by atoms with Gasteiger partial charge in [0.15, 0.2) is 0 Å². The fourth-order valence-electron chi connectivity index (χ4n) is 4.89. The third kappa shape index (κ3) is 11.9. The zero-order valence-corrected chi connectivity index (χ0v) is 27.4. The Hall–Kier alpha value is -3.43. The molecule has 0 aliphatic carbocycles. The Morgan fingerprint density at radius 3 is 2.09 bits per heavy atom. The average molecular weight is 629 g/mol.